The van der Waals surface area contributed by atoms with Crippen molar-refractivity contribution < 1.29 is 0 Å². The van der Waals surface area contributed by atoms with Gasteiger partial charge in [0.1, 0.15) is 5.45 Å². The summed E-state index contributed by atoms with van der Waals surface area (Å²) >= 11 is 0. The Hall–Kier alpha value is -10.2. The third kappa shape index (κ3) is 7.60. The Kier molecular flexibility index (Phi) is 10.9. The molecule has 1 aliphatic heterocycles. The Balaban J connectivity index is 1.09. The summed E-state index contributed by atoms with van der Waals surface area (Å²) < 4.78 is 2.38. The van der Waals surface area contributed by atoms with Gasteiger partial charge in [0.05, 0.1) is 11.0 Å². The number of pyridine rings is 2. The van der Waals surface area contributed by atoms with Crippen molar-refractivity contribution in [3.8, 4) is 96.3 Å². The Morgan fingerprint density at radius 2 is 0.697 bits per heavy atom. The molecule has 11 heteroatoms. The van der Waals surface area contributed by atoms with E-state index < -0.39 is 8.07 Å². The lowest BCUT2D eigenvalue weighted by molar-refractivity contribution is 1.07. The van der Waals surface area contributed by atoms with Gasteiger partial charge in [-0.25, -0.2) is 34.9 Å². The van der Waals surface area contributed by atoms with Gasteiger partial charge < -0.3 is 0 Å². The normalized spacial score (nSPS) is 12.3. The average Bonchev–Trinajstić information content (AvgIpc) is 4.23. The molecule has 0 amide bonds. The molecule has 0 saturated carbocycles. The fourth-order valence-corrected chi connectivity index (χ4v) is 15.6. The van der Waals surface area contributed by atoms with E-state index in [4.69, 9.17) is 34.9 Å². The summed E-state index contributed by atoms with van der Waals surface area (Å²) in [7, 11) is -3.52. The number of rotatable bonds is 10. The highest BCUT2D eigenvalue weighted by molar-refractivity contribution is 7.20. The smallest absolute Gasteiger partial charge is 0.226 e. The summed E-state index contributed by atoms with van der Waals surface area (Å²) in [4.78, 5) is 46.6. The molecule has 76 heavy (non-hydrogen) atoms. The molecule has 0 N–H and O–H groups in total. The molecule has 6 heterocycles. The lowest BCUT2D eigenvalue weighted by Crippen LogP contribution is -2.73. The summed E-state index contributed by atoms with van der Waals surface area (Å²) in [6.07, 6.45) is 7.40. The molecule has 0 fully saturated rings. The second-order valence-electron chi connectivity index (χ2n) is 18.6. The van der Waals surface area contributed by atoms with Crippen molar-refractivity contribution in [2.24, 2.45) is 0 Å². The van der Waals surface area contributed by atoms with E-state index in [9.17, 15) is 0 Å². The number of para-hydroxylation sites is 3. The van der Waals surface area contributed by atoms with Gasteiger partial charge in [0, 0.05) is 75.0 Å². The molecule has 5 aromatic heterocycles. The summed E-state index contributed by atoms with van der Waals surface area (Å²) in [6, 6.07) is 79.4. The first-order valence-electron chi connectivity index (χ1n) is 25.1. The first-order chi connectivity index (χ1) is 37.7. The molecule has 0 bridgehead atoms. The molecular formula is C65H42N10Si. The second-order valence-corrected chi connectivity index (χ2v) is 22.2. The van der Waals surface area contributed by atoms with Crippen LogP contribution in [0.15, 0.2) is 255 Å². The van der Waals surface area contributed by atoms with Gasteiger partial charge in [0.15, 0.2) is 34.9 Å². The lowest BCUT2D eigenvalue weighted by Gasteiger charge is -2.30. The third-order valence-corrected chi connectivity index (χ3v) is 18.8. The van der Waals surface area contributed by atoms with Gasteiger partial charge >= 0.3 is 0 Å². The molecule has 13 aromatic rings. The fourth-order valence-electron chi connectivity index (χ4n) is 10.7. The van der Waals surface area contributed by atoms with E-state index in [2.05, 4.69) is 112 Å². The highest BCUT2D eigenvalue weighted by atomic mass is 28.3. The third-order valence-electron chi connectivity index (χ3n) is 14.2. The molecule has 0 unspecified atom stereocenters. The summed E-state index contributed by atoms with van der Waals surface area (Å²) in [6.45, 7) is 0. The van der Waals surface area contributed by atoms with Crippen molar-refractivity contribution in [1.29, 1.82) is 0 Å². The van der Waals surface area contributed by atoms with Gasteiger partial charge in [0.2, 0.25) is 8.07 Å². The molecule has 0 aliphatic carbocycles. The minimum Gasteiger partial charge on any atom is -0.299 e. The average molecular weight is 991 g/mol. The van der Waals surface area contributed by atoms with E-state index in [1.807, 2.05) is 146 Å². The second kappa shape index (κ2) is 18.7. The van der Waals surface area contributed by atoms with Gasteiger partial charge in [0.25, 0.3) is 0 Å². The monoisotopic (exact) mass is 990 g/mol. The first-order valence-corrected chi connectivity index (χ1v) is 27.1. The maximum atomic E-state index is 5.72. The summed E-state index contributed by atoms with van der Waals surface area (Å²) in [5, 5.41) is 3.37. The molecule has 8 aromatic carbocycles. The number of hydrogen-bond acceptors (Lipinski definition) is 9. The minimum absolute atomic E-state index is 0.539. The van der Waals surface area contributed by atoms with Crippen LogP contribution < -0.4 is 21.0 Å². The Bertz CT molecular complexity index is 3950. The number of hydrogen-bond donors (Lipinski definition) is 0. The van der Waals surface area contributed by atoms with Crippen molar-refractivity contribution in [2.45, 2.75) is 0 Å². The molecule has 0 spiro atoms. The number of benzene rings is 8. The number of imidazole rings is 1. The predicted molar refractivity (Wildman–Crippen MR) is 304 cm³/mol. The van der Waals surface area contributed by atoms with Crippen LogP contribution in [0, 0.1) is 0 Å². The highest BCUT2D eigenvalue weighted by Gasteiger charge is 2.52. The maximum absolute atomic E-state index is 5.72. The van der Waals surface area contributed by atoms with Crippen molar-refractivity contribution >= 4 is 40.1 Å². The van der Waals surface area contributed by atoms with Crippen molar-refractivity contribution in [2.75, 3.05) is 0 Å². The topological polar surface area (TPSA) is 121 Å². The molecule has 1 aliphatic rings. The van der Waals surface area contributed by atoms with Crippen LogP contribution in [-0.2, 0) is 0 Å². The van der Waals surface area contributed by atoms with E-state index in [1.165, 1.54) is 5.19 Å². The van der Waals surface area contributed by atoms with Crippen LogP contribution in [-0.4, -0.2) is 57.5 Å². The number of fused-ring (bicyclic) bond motifs is 5. The van der Waals surface area contributed by atoms with Gasteiger partial charge in [-0.2, -0.15) is 0 Å². The van der Waals surface area contributed by atoms with Crippen LogP contribution in [0.4, 0.5) is 0 Å². The fraction of sp³-hybridized carbons (Fsp3) is 0. The van der Waals surface area contributed by atoms with Gasteiger partial charge in [-0.3, -0.25) is 14.5 Å². The van der Waals surface area contributed by atoms with Crippen LogP contribution >= 0.6 is 0 Å². The van der Waals surface area contributed by atoms with Crippen LogP contribution in [0.1, 0.15) is 0 Å². The summed E-state index contributed by atoms with van der Waals surface area (Å²) in [5.41, 5.74) is 13.0. The van der Waals surface area contributed by atoms with E-state index in [0.717, 1.165) is 88.2 Å². The van der Waals surface area contributed by atoms with Gasteiger partial charge in [-0.15, -0.1) is 0 Å². The quantitative estimate of drug-likeness (QED) is 0.123. The van der Waals surface area contributed by atoms with Crippen molar-refractivity contribution in [3.05, 3.63) is 255 Å². The number of aromatic nitrogens is 10. The van der Waals surface area contributed by atoms with Crippen molar-refractivity contribution in [1.82, 2.24) is 49.4 Å². The zero-order valence-corrected chi connectivity index (χ0v) is 41.7. The van der Waals surface area contributed by atoms with E-state index in [-0.39, 0.29) is 0 Å². The SMILES string of the molecule is c1ccc(-c2nc(-c3ccccc3)nc(-c3cc([Si]4(c5ccc(-c6cccnc6)c(-c6nc(-c7ccccc7)nc(-c7ccccc7)n6)c5)c5ccccc5-n5c4nc4ccccc45)ccc3-c3cccnc3)n2)cc1. The predicted octanol–water partition coefficient (Wildman–Crippen LogP) is 11.2. The van der Waals surface area contributed by atoms with Crippen LogP contribution in [0.3, 0.4) is 0 Å². The lowest BCUT2D eigenvalue weighted by atomic mass is 10.00. The Labute approximate surface area is 439 Å². The zero-order valence-electron chi connectivity index (χ0n) is 40.7. The molecular weight excluding hydrogens is 949 g/mol. The molecule has 0 radical (unpaired) electrons. The van der Waals surface area contributed by atoms with Gasteiger partial charge in [-0.05, 0) is 57.0 Å². The molecule has 14 rings (SSSR count). The number of nitrogens with zero attached hydrogens (tertiary/aromatic N) is 10. The van der Waals surface area contributed by atoms with E-state index >= 15 is 0 Å². The van der Waals surface area contributed by atoms with Crippen LogP contribution in [0.2, 0.25) is 0 Å². The largest absolute Gasteiger partial charge is 0.299 e. The Morgan fingerprint density at radius 3 is 1.14 bits per heavy atom. The molecule has 0 saturated heterocycles. The molecule has 356 valence electrons. The van der Waals surface area contributed by atoms with E-state index in [1.54, 1.807) is 12.4 Å². The minimum atomic E-state index is -3.52. The van der Waals surface area contributed by atoms with E-state index in [0.29, 0.717) is 34.9 Å². The standard InChI is InChI=1S/C65H42N10Si/c1-5-19-43(20-6-1)59-69-60(44-21-7-2-8-22-44)72-63(71-59)53-39-49(33-35-51(53)47-27-17-37-66-41-47)76(58-32-16-15-31-57(58)75-56-30-14-13-29-55(56)68-65(75)76)50-34-36-52(48-28-18-38-67-42-48)54(40-50)64-73-61(45-23-9-3-10-24-45)70-62(74-64)46-25-11-4-12-26-46/h1-42H. The first kappa shape index (κ1) is 44.5. The van der Waals surface area contributed by atoms with Crippen LogP contribution in [0.5, 0.6) is 0 Å². The van der Waals surface area contributed by atoms with Crippen LogP contribution in [0.25, 0.3) is 107 Å². The van der Waals surface area contributed by atoms with Crippen molar-refractivity contribution in [3.63, 3.8) is 0 Å². The Morgan fingerprint density at radius 1 is 0.303 bits per heavy atom. The summed E-state index contributed by atoms with van der Waals surface area (Å²) in [5.74, 6) is 3.37. The molecule has 0 atom stereocenters. The highest BCUT2D eigenvalue weighted by Crippen LogP contribution is 2.37. The van der Waals surface area contributed by atoms with Gasteiger partial charge in [-0.1, -0.05) is 200 Å². The maximum Gasteiger partial charge on any atom is 0.226 e. The zero-order chi connectivity index (χ0) is 50.4. The molecule has 10 nitrogen and oxygen atoms in total.